The number of nitrogens with zero attached hydrogens (tertiary/aromatic N) is 1. The Balaban J connectivity index is 2.11. The molecular formula is C16H25N3O2. The van der Waals surface area contributed by atoms with Crippen molar-refractivity contribution in [3.8, 4) is 5.75 Å². The number of piperidine rings is 1. The molecule has 1 amide bonds. The molecule has 2 rings (SSSR count). The van der Waals surface area contributed by atoms with E-state index in [9.17, 15) is 4.79 Å². The molecule has 1 saturated heterocycles. The molecule has 0 aromatic heterocycles. The van der Waals surface area contributed by atoms with Crippen LogP contribution in [0, 0.1) is 0 Å². The number of anilines is 1. The molecule has 1 aliphatic heterocycles. The third-order valence-corrected chi connectivity index (χ3v) is 4.17. The molecule has 0 bridgehead atoms. The fraction of sp³-hybridized carbons (Fsp3) is 0.562. The average Bonchev–Trinajstić information content (AvgIpc) is 2.49. The normalized spacial score (nSPS) is 18.2. The lowest BCUT2D eigenvalue weighted by Crippen LogP contribution is -2.57. The molecule has 0 aliphatic carbocycles. The van der Waals surface area contributed by atoms with Crippen LogP contribution in [0.2, 0.25) is 0 Å². The molecule has 1 heterocycles. The molecule has 3 N–H and O–H groups in total. The van der Waals surface area contributed by atoms with Crippen molar-refractivity contribution in [1.82, 2.24) is 4.90 Å². The standard InChI is InChI=1S/C16H25N3O2/c1-3-9-19-10-7-16(8-11-19,15(17)20)18-13-5-4-6-14(12-13)21-2/h4-6,12,18H,3,7-11H2,1-2H3,(H2,17,20). The predicted octanol–water partition coefficient (Wildman–Crippen LogP) is 1.84. The largest absolute Gasteiger partial charge is 0.497 e. The number of primary amides is 1. The van der Waals surface area contributed by atoms with E-state index in [0.29, 0.717) is 0 Å². The molecule has 0 spiro atoms. The van der Waals surface area contributed by atoms with Gasteiger partial charge in [-0.3, -0.25) is 4.79 Å². The summed E-state index contributed by atoms with van der Waals surface area (Å²) in [5, 5.41) is 3.35. The van der Waals surface area contributed by atoms with Crippen LogP contribution < -0.4 is 15.8 Å². The second-order valence-corrected chi connectivity index (χ2v) is 5.64. The number of carbonyl (C=O) groups is 1. The highest BCUT2D eigenvalue weighted by Crippen LogP contribution is 2.28. The minimum Gasteiger partial charge on any atom is -0.497 e. The SMILES string of the molecule is CCCN1CCC(Nc2cccc(OC)c2)(C(N)=O)CC1. The summed E-state index contributed by atoms with van der Waals surface area (Å²) in [4.78, 5) is 14.4. The number of amides is 1. The topological polar surface area (TPSA) is 67.6 Å². The summed E-state index contributed by atoms with van der Waals surface area (Å²) in [6, 6.07) is 7.61. The summed E-state index contributed by atoms with van der Waals surface area (Å²) in [6.07, 6.45) is 2.60. The van der Waals surface area contributed by atoms with Crippen LogP contribution in [0.1, 0.15) is 26.2 Å². The van der Waals surface area contributed by atoms with E-state index in [4.69, 9.17) is 10.5 Å². The van der Waals surface area contributed by atoms with Crippen LogP contribution in [-0.2, 0) is 4.79 Å². The van der Waals surface area contributed by atoms with Gasteiger partial charge < -0.3 is 20.7 Å². The van der Waals surface area contributed by atoms with Crippen molar-refractivity contribution >= 4 is 11.6 Å². The lowest BCUT2D eigenvalue weighted by Gasteiger charge is -2.40. The van der Waals surface area contributed by atoms with E-state index in [0.717, 1.165) is 50.3 Å². The van der Waals surface area contributed by atoms with Crippen LogP contribution in [0.15, 0.2) is 24.3 Å². The smallest absolute Gasteiger partial charge is 0.243 e. The van der Waals surface area contributed by atoms with Crippen molar-refractivity contribution in [3.05, 3.63) is 24.3 Å². The van der Waals surface area contributed by atoms with Gasteiger partial charge in [0.15, 0.2) is 0 Å². The number of hydrogen-bond acceptors (Lipinski definition) is 4. The van der Waals surface area contributed by atoms with Gasteiger partial charge in [-0.2, -0.15) is 0 Å². The first kappa shape index (κ1) is 15.6. The Morgan fingerprint density at radius 3 is 2.71 bits per heavy atom. The van der Waals surface area contributed by atoms with Crippen molar-refractivity contribution in [3.63, 3.8) is 0 Å². The van der Waals surface area contributed by atoms with Gasteiger partial charge in [-0.25, -0.2) is 0 Å². The molecule has 1 aliphatic rings. The summed E-state index contributed by atoms with van der Waals surface area (Å²) >= 11 is 0. The lowest BCUT2D eigenvalue weighted by molar-refractivity contribution is -0.123. The molecule has 1 aromatic rings. The van der Waals surface area contributed by atoms with Gasteiger partial charge in [-0.1, -0.05) is 13.0 Å². The van der Waals surface area contributed by atoms with Crippen LogP contribution in [0.4, 0.5) is 5.69 Å². The quantitative estimate of drug-likeness (QED) is 0.839. The maximum Gasteiger partial charge on any atom is 0.243 e. The number of likely N-dealkylation sites (tertiary alicyclic amines) is 1. The number of nitrogens with one attached hydrogen (secondary N) is 1. The molecule has 1 fully saturated rings. The minimum absolute atomic E-state index is 0.276. The summed E-state index contributed by atoms with van der Waals surface area (Å²) in [7, 11) is 1.63. The molecule has 0 saturated carbocycles. The van der Waals surface area contributed by atoms with E-state index in [1.807, 2.05) is 24.3 Å². The van der Waals surface area contributed by atoms with E-state index in [1.165, 1.54) is 0 Å². The van der Waals surface area contributed by atoms with Gasteiger partial charge in [-0.05, 0) is 37.9 Å². The van der Waals surface area contributed by atoms with Crippen LogP contribution in [0.3, 0.4) is 0 Å². The zero-order valence-electron chi connectivity index (χ0n) is 12.9. The fourth-order valence-electron chi connectivity index (χ4n) is 2.88. The molecular weight excluding hydrogens is 266 g/mol. The van der Waals surface area contributed by atoms with Gasteiger partial charge in [0.1, 0.15) is 11.3 Å². The number of hydrogen-bond donors (Lipinski definition) is 2. The van der Waals surface area contributed by atoms with Crippen LogP contribution in [-0.4, -0.2) is 43.1 Å². The van der Waals surface area contributed by atoms with Crippen molar-refractivity contribution in [2.45, 2.75) is 31.7 Å². The first-order valence-electron chi connectivity index (χ1n) is 7.54. The molecule has 5 heteroatoms. The summed E-state index contributed by atoms with van der Waals surface area (Å²) in [6.45, 7) is 5.04. The third kappa shape index (κ3) is 3.67. The predicted molar refractivity (Wildman–Crippen MR) is 84.5 cm³/mol. The van der Waals surface area contributed by atoms with Crippen molar-refractivity contribution in [2.75, 3.05) is 32.1 Å². The van der Waals surface area contributed by atoms with E-state index in [2.05, 4.69) is 17.1 Å². The maximum atomic E-state index is 12.0. The Hall–Kier alpha value is -1.75. The van der Waals surface area contributed by atoms with E-state index in [1.54, 1.807) is 7.11 Å². The molecule has 0 radical (unpaired) electrons. The van der Waals surface area contributed by atoms with Crippen LogP contribution in [0.5, 0.6) is 5.75 Å². The van der Waals surface area contributed by atoms with Crippen molar-refractivity contribution in [1.29, 1.82) is 0 Å². The fourth-order valence-corrected chi connectivity index (χ4v) is 2.88. The Bertz CT molecular complexity index is 482. The van der Waals surface area contributed by atoms with Gasteiger partial charge in [0.05, 0.1) is 7.11 Å². The van der Waals surface area contributed by atoms with Gasteiger partial charge in [-0.15, -0.1) is 0 Å². The second kappa shape index (κ2) is 6.80. The molecule has 1 aromatic carbocycles. The van der Waals surface area contributed by atoms with Crippen LogP contribution >= 0.6 is 0 Å². The first-order valence-corrected chi connectivity index (χ1v) is 7.54. The highest BCUT2D eigenvalue weighted by molar-refractivity contribution is 5.88. The van der Waals surface area contributed by atoms with Gasteiger partial charge in [0.25, 0.3) is 0 Å². The summed E-state index contributed by atoms with van der Waals surface area (Å²) < 4.78 is 5.22. The number of nitrogens with two attached hydrogens (primary N) is 1. The molecule has 0 unspecified atom stereocenters. The van der Waals surface area contributed by atoms with Gasteiger partial charge in [0, 0.05) is 24.8 Å². The molecule has 21 heavy (non-hydrogen) atoms. The maximum absolute atomic E-state index is 12.0. The number of carbonyl (C=O) groups excluding carboxylic acids is 1. The second-order valence-electron chi connectivity index (χ2n) is 5.64. The monoisotopic (exact) mass is 291 g/mol. The summed E-state index contributed by atoms with van der Waals surface area (Å²) in [5.41, 5.74) is 5.90. The zero-order chi connectivity index (χ0) is 15.3. The van der Waals surface area contributed by atoms with E-state index >= 15 is 0 Å². The third-order valence-electron chi connectivity index (χ3n) is 4.17. The Morgan fingerprint density at radius 1 is 1.43 bits per heavy atom. The zero-order valence-corrected chi connectivity index (χ0v) is 12.9. The molecule has 5 nitrogen and oxygen atoms in total. The van der Waals surface area contributed by atoms with Crippen molar-refractivity contribution in [2.24, 2.45) is 5.73 Å². The number of benzene rings is 1. The average molecular weight is 291 g/mol. The highest BCUT2D eigenvalue weighted by Gasteiger charge is 2.39. The van der Waals surface area contributed by atoms with E-state index < -0.39 is 5.54 Å². The summed E-state index contributed by atoms with van der Waals surface area (Å²) in [5.74, 6) is 0.490. The minimum atomic E-state index is -0.656. The Labute approximate surface area is 126 Å². The molecule has 0 atom stereocenters. The number of ether oxygens (including phenoxy) is 1. The molecule has 116 valence electrons. The van der Waals surface area contributed by atoms with Crippen molar-refractivity contribution < 1.29 is 9.53 Å². The van der Waals surface area contributed by atoms with E-state index in [-0.39, 0.29) is 5.91 Å². The first-order chi connectivity index (χ1) is 10.1. The van der Waals surface area contributed by atoms with Crippen LogP contribution in [0.25, 0.3) is 0 Å². The number of rotatable bonds is 6. The Morgan fingerprint density at radius 2 is 2.14 bits per heavy atom. The Kier molecular flexibility index (Phi) is 5.07. The van der Waals surface area contributed by atoms with Gasteiger partial charge >= 0.3 is 0 Å². The highest BCUT2D eigenvalue weighted by atomic mass is 16.5. The van der Waals surface area contributed by atoms with Gasteiger partial charge in [0.2, 0.25) is 5.91 Å². The number of methoxy groups -OCH3 is 1. The lowest BCUT2D eigenvalue weighted by atomic mass is 9.86.